The summed E-state index contributed by atoms with van der Waals surface area (Å²) in [6, 6.07) is 4.01. The van der Waals surface area contributed by atoms with Gasteiger partial charge in [-0.05, 0) is 40.5 Å². The van der Waals surface area contributed by atoms with E-state index in [9.17, 15) is 13.2 Å². The summed E-state index contributed by atoms with van der Waals surface area (Å²) in [5.74, 6) is -0.556. The van der Waals surface area contributed by atoms with Gasteiger partial charge in [0, 0.05) is 15.2 Å². The molecule has 0 saturated heterocycles. The van der Waals surface area contributed by atoms with Crippen LogP contribution in [0.25, 0.3) is 0 Å². The maximum atomic E-state index is 11.9. The van der Waals surface area contributed by atoms with Crippen LogP contribution in [0.2, 0.25) is 0 Å². The summed E-state index contributed by atoms with van der Waals surface area (Å²) in [6.45, 7) is 2.46. The van der Waals surface area contributed by atoms with Crippen LogP contribution in [0.1, 0.15) is 49.4 Å². The van der Waals surface area contributed by atoms with Gasteiger partial charge in [-0.2, -0.15) is 0 Å². The molecule has 0 aliphatic heterocycles. The molecule has 1 rings (SSSR count). The van der Waals surface area contributed by atoms with Crippen LogP contribution in [0.5, 0.6) is 0 Å². The van der Waals surface area contributed by atoms with Gasteiger partial charge in [-0.25, -0.2) is 13.2 Å². The molecule has 0 unspecified atom stereocenters. The van der Waals surface area contributed by atoms with Crippen molar-refractivity contribution in [2.45, 2.75) is 43.9 Å². The van der Waals surface area contributed by atoms with Crippen LogP contribution in [0, 0.1) is 0 Å². The lowest BCUT2D eigenvalue weighted by Crippen LogP contribution is -2.08. The van der Waals surface area contributed by atoms with Gasteiger partial charge in [0.1, 0.15) is 0 Å². The Balaban J connectivity index is 2.62. The van der Waals surface area contributed by atoms with Crippen molar-refractivity contribution >= 4 is 41.6 Å². The lowest BCUT2D eigenvalue weighted by atomic mass is 10.2. The number of unbranched alkanes of at least 4 members (excludes halogenated alkanes) is 4. The maximum Gasteiger partial charge on any atom is 0.339 e. The monoisotopic (exact) mass is 396 g/mol. The molecule has 0 saturated carbocycles. The summed E-state index contributed by atoms with van der Waals surface area (Å²) in [5, 5.41) is 0. The van der Waals surface area contributed by atoms with Crippen molar-refractivity contribution in [2.24, 2.45) is 0 Å². The number of esters is 1. The van der Waals surface area contributed by atoms with Crippen molar-refractivity contribution in [3.8, 4) is 0 Å². The molecular formula is C14H18BrClO4S. The predicted octanol–water partition coefficient (Wildman–Crippen LogP) is 4.50. The highest BCUT2D eigenvalue weighted by atomic mass is 79.9. The van der Waals surface area contributed by atoms with Crippen LogP contribution in [0.15, 0.2) is 27.6 Å². The Labute approximate surface area is 138 Å². The van der Waals surface area contributed by atoms with Crippen molar-refractivity contribution in [2.75, 3.05) is 6.61 Å². The van der Waals surface area contributed by atoms with Crippen molar-refractivity contribution in [1.29, 1.82) is 0 Å². The molecule has 4 nitrogen and oxygen atoms in total. The first-order valence-corrected chi connectivity index (χ1v) is 9.88. The molecule has 0 heterocycles. The Kier molecular flexibility index (Phi) is 7.70. The fraction of sp³-hybridized carbons (Fsp3) is 0.500. The van der Waals surface area contributed by atoms with E-state index < -0.39 is 15.0 Å². The lowest BCUT2D eigenvalue weighted by Gasteiger charge is -2.07. The summed E-state index contributed by atoms with van der Waals surface area (Å²) in [4.78, 5) is 11.8. The minimum atomic E-state index is -3.87. The van der Waals surface area contributed by atoms with Crippen LogP contribution in [0.4, 0.5) is 0 Å². The number of benzene rings is 1. The first-order chi connectivity index (χ1) is 9.86. The average molecular weight is 398 g/mol. The summed E-state index contributed by atoms with van der Waals surface area (Å²) >= 11 is 3.20. The van der Waals surface area contributed by atoms with Gasteiger partial charge in [0.2, 0.25) is 0 Å². The molecule has 0 fully saturated rings. The summed E-state index contributed by atoms with van der Waals surface area (Å²) in [5.41, 5.74) is 0.158. The summed E-state index contributed by atoms with van der Waals surface area (Å²) in [6.07, 6.45) is 5.27. The Morgan fingerprint density at radius 1 is 1.24 bits per heavy atom. The number of halogens is 2. The molecule has 0 aliphatic rings. The molecule has 0 amide bonds. The molecule has 0 spiro atoms. The van der Waals surface area contributed by atoms with Gasteiger partial charge in [-0.3, -0.25) is 0 Å². The number of carbonyl (C=O) groups excluding carboxylic acids is 1. The highest BCUT2D eigenvalue weighted by Crippen LogP contribution is 2.24. The normalized spacial score (nSPS) is 11.4. The van der Waals surface area contributed by atoms with E-state index >= 15 is 0 Å². The topological polar surface area (TPSA) is 60.4 Å². The fourth-order valence-electron chi connectivity index (χ4n) is 1.76. The average Bonchev–Trinajstić information content (AvgIpc) is 2.41. The van der Waals surface area contributed by atoms with Gasteiger partial charge in [0.15, 0.2) is 0 Å². The van der Waals surface area contributed by atoms with Crippen molar-refractivity contribution in [1.82, 2.24) is 0 Å². The molecule has 0 radical (unpaired) electrons. The molecule has 1 aromatic rings. The molecule has 0 aromatic heterocycles. The third-order valence-electron chi connectivity index (χ3n) is 2.92. The minimum absolute atomic E-state index is 0.123. The van der Waals surface area contributed by atoms with Crippen LogP contribution in [-0.4, -0.2) is 21.0 Å². The minimum Gasteiger partial charge on any atom is -0.462 e. The highest BCUT2D eigenvalue weighted by molar-refractivity contribution is 9.10. The first kappa shape index (κ1) is 18.5. The van der Waals surface area contributed by atoms with Gasteiger partial charge in [0.25, 0.3) is 9.05 Å². The zero-order valence-electron chi connectivity index (χ0n) is 11.8. The van der Waals surface area contributed by atoms with E-state index in [1.165, 1.54) is 24.6 Å². The highest BCUT2D eigenvalue weighted by Gasteiger charge is 2.17. The number of carbonyl (C=O) groups is 1. The molecule has 0 atom stereocenters. The molecular weight excluding hydrogens is 380 g/mol. The van der Waals surface area contributed by atoms with Gasteiger partial charge >= 0.3 is 5.97 Å². The molecule has 0 aliphatic carbocycles. The molecule has 118 valence electrons. The third-order valence-corrected chi connectivity index (χ3v) is 4.96. The number of ether oxygens (including phenoxy) is 1. The SMILES string of the molecule is CCCCCCCOC(=O)c1cc(S(=O)(=O)Cl)ccc1Br. The maximum absolute atomic E-state index is 11.9. The van der Waals surface area contributed by atoms with Gasteiger partial charge in [-0.15, -0.1) is 0 Å². The Morgan fingerprint density at radius 2 is 1.90 bits per heavy atom. The quantitative estimate of drug-likeness (QED) is 0.368. The second-order valence-electron chi connectivity index (χ2n) is 4.63. The Morgan fingerprint density at radius 3 is 2.52 bits per heavy atom. The van der Waals surface area contributed by atoms with Crippen molar-refractivity contribution in [3.63, 3.8) is 0 Å². The van der Waals surface area contributed by atoms with E-state index in [4.69, 9.17) is 15.4 Å². The Hall–Kier alpha value is -0.590. The van der Waals surface area contributed by atoms with Crippen LogP contribution in [0.3, 0.4) is 0 Å². The van der Waals surface area contributed by atoms with E-state index in [1.807, 2.05) is 0 Å². The lowest BCUT2D eigenvalue weighted by molar-refractivity contribution is 0.0496. The standard InChI is InChI=1S/C14H18BrClO4S/c1-2-3-4-5-6-9-20-14(17)12-10-11(21(16,18)19)7-8-13(12)15/h7-8,10H,2-6,9H2,1H3. The van der Waals surface area contributed by atoms with Gasteiger partial charge in [0.05, 0.1) is 17.1 Å². The number of hydrogen-bond donors (Lipinski definition) is 0. The molecule has 21 heavy (non-hydrogen) atoms. The van der Waals surface area contributed by atoms with Gasteiger partial charge < -0.3 is 4.74 Å². The zero-order chi connectivity index (χ0) is 15.9. The van der Waals surface area contributed by atoms with Crippen LogP contribution < -0.4 is 0 Å². The van der Waals surface area contributed by atoms with E-state index in [1.54, 1.807) is 0 Å². The van der Waals surface area contributed by atoms with Crippen LogP contribution in [-0.2, 0) is 13.8 Å². The smallest absolute Gasteiger partial charge is 0.339 e. The number of hydrogen-bond acceptors (Lipinski definition) is 4. The van der Waals surface area contributed by atoms with E-state index in [2.05, 4.69) is 22.9 Å². The second-order valence-corrected chi connectivity index (χ2v) is 8.05. The zero-order valence-corrected chi connectivity index (χ0v) is 14.9. The summed E-state index contributed by atoms with van der Waals surface area (Å²) < 4.78 is 28.2. The predicted molar refractivity (Wildman–Crippen MR) is 86.2 cm³/mol. The summed E-state index contributed by atoms with van der Waals surface area (Å²) in [7, 11) is 1.40. The van der Waals surface area contributed by atoms with Crippen LogP contribution >= 0.6 is 26.6 Å². The van der Waals surface area contributed by atoms with Crippen molar-refractivity contribution in [3.05, 3.63) is 28.2 Å². The van der Waals surface area contributed by atoms with Crippen molar-refractivity contribution < 1.29 is 17.9 Å². The molecule has 0 N–H and O–H groups in total. The fourth-order valence-corrected chi connectivity index (χ4v) is 2.95. The van der Waals surface area contributed by atoms with E-state index in [0.717, 1.165) is 25.7 Å². The first-order valence-electron chi connectivity index (χ1n) is 6.77. The van der Waals surface area contributed by atoms with E-state index in [0.29, 0.717) is 11.1 Å². The Bertz CT molecular complexity index is 587. The molecule has 7 heteroatoms. The second kappa shape index (κ2) is 8.76. The molecule has 0 bridgehead atoms. The number of rotatable bonds is 8. The van der Waals surface area contributed by atoms with Gasteiger partial charge in [-0.1, -0.05) is 32.6 Å². The third kappa shape index (κ3) is 6.36. The van der Waals surface area contributed by atoms with E-state index in [-0.39, 0.29) is 10.5 Å². The molecule has 1 aromatic carbocycles. The largest absolute Gasteiger partial charge is 0.462 e.